The third-order valence-corrected chi connectivity index (χ3v) is 3.24. The summed E-state index contributed by atoms with van der Waals surface area (Å²) in [7, 11) is 1.72. The normalized spacial score (nSPS) is 11.5. The molecular formula is C13H26N2O3. The van der Waals surface area contributed by atoms with Crippen LogP contribution in [0.2, 0.25) is 0 Å². The van der Waals surface area contributed by atoms with Crippen LogP contribution in [0, 0.1) is 5.92 Å². The third kappa shape index (κ3) is 4.94. The highest BCUT2D eigenvalue weighted by Gasteiger charge is 2.30. The summed E-state index contributed by atoms with van der Waals surface area (Å²) in [5.41, 5.74) is -0.273. The highest BCUT2D eigenvalue weighted by molar-refractivity contribution is 5.80. The zero-order valence-corrected chi connectivity index (χ0v) is 12.4. The summed E-state index contributed by atoms with van der Waals surface area (Å²) in [6, 6.07) is -0.224. The number of hydrogen-bond donors (Lipinski definition) is 1. The Hall–Kier alpha value is -1.26. The molecule has 0 heterocycles. The molecule has 2 amide bonds. The van der Waals surface area contributed by atoms with Crippen LogP contribution in [0.5, 0.6) is 0 Å². The van der Waals surface area contributed by atoms with Gasteiger partial charge < -0.3 is 14.9 Å². The Morgan fingerprint density at radius 2 is 1.78 bits per heavy atom. The average molecular weight is 258 g/mol. The van der Waals surface area contributed by atoms with E-state index >= 15 is 0 Å². The average Bonchev–Trinajstić information content (AvgIpc) is 2.24. The number of nitrogens with zero attached hydrogens (tertiary/aromatic N) is 2. The lowest BCUT2D eigenvalue weighted by atomic mass is 10.0. The SMILES string of the molecule is CCC(C)(C)N(C)C(=O)N(CC(=O)O)CC(C)C. The Labute approximate surface area is 110 Å². The van der Waals surface area contributed by atoms with E-state index in [1.807, 2.05) is 34.6 Å². The molecule has 0 aliphatic rings. The maximum absolute atomic E-state index is 12.3. The number of rotatable bonds is 6. The van der Waals surface area contributed by atoms with Crippen molar-refractivity contribution in [2.75, 3.05) is 20.1 Å². The molecule has 0 aromatic rings. The van der Waals surface area contributed by atoms with Crippen molar-refractivity contribution in [3.05, 3.63) is 0 Å². The lowest BCUT2D eigenvalue weighted by molar-refractivity contribution is -0.137. The molecular weight excluding hydrogens is 232 g/mol. The van der Waals surface area contributed by atoms with E-state index in [1.165, 1.54) is 4.90 Å². The smallest absolute Gasteiger partial charge is 0.323 e. The predicted octanol–water partition coefficient (Wildman–Crippen LogP) is 2.27. The summed E-state index contributed by atoms with van der Waals surface area (Å²) >= 11 is 0. The minimum absolute atomic E-state index is 0.224. The Morgan fingerprint density at radius 1 is 1.28 bits per heavy atom. The Balaban J connectivity index is 4.89. The monoisotopic (exact) mass is 258 g/mol. The molecule has 0 saturated carbocycles. The lowest BCUT2D eigenvalue weighted by Gasteiger charge is -2.38. The van der Waals surface area contributed by atoms with Gasteiger partial charge in [0.2, 0.25) is 0 Å². The van der Waals surface area contributed by atoms with Crippen LogP contribution < -0.4 is 0 Å². The third-order valence-electron chi connectivity index (χ3n) is 3.24. The number of urea groups is 1. The Bertz CT molecular complexity index is 301. The van der Waals surface area contributed by atoms with Gasteiger partial charge >= 0.3 is 12.0 Å². The van der Waals surface area contributed by atoms with Gasteiger partial charge in [-0.3, -0.25) is 4.79 Å². The van der Waals surface area contributed by atoms with E-state index in [1.54, 1.807) is 11.9 Å². The molecule has 0 bridgehead atoms. The standard InChI is InChI=1S/C13H26N2O3/c1-7-13(4,5)14(6)12(18)15(8-10(2)3)9-11(16)17/h10H,7-9H2,1-6H3,(H,16,17). The molecule has 0 spiro atoms. The fraction of sp³-hybridized carbons (Fsp3) is 0.846. The number of carboxylic acid groups (broad SMARTS) is 1. The van der Waals surface area contributed by atoms with Gasteiger partial charge in [0.15, 0.2) is 0 Å². The molecule has 0 unspecified atom stereocenters. The molecule has 0 aromatic heterocycles. The van der Waals surface area contributed by atoms with Gasteiger partial charge in [0.1, 0.15) is 6.54 Å². The summed E-state index contributed by atoms with van der Waals surface area (Å²) in [6.45, 7) is 10.1. The topological polar surface area (TPSA) is 60.9 Å². The first-order valence-corrected chi connectivity index (χ1v) is 6.36. The van der Waals surface area contributed by atoms with Crippen molar-refractivity contribution in [2.24, 2.45) is 5.92 Å². The first-order chi connectivity index (χ1) is 8.11. The maximum Gasteiger partial charge on any atom is 0.323 e. The molecule has 0 saturated heterocycles. The highest BCUT2D eigenvalue weighted by Crippen LogP contribution is 2.18. The van der Waals surface area contributed by atoms with Gasteiger partial charge in [-0.25, -0.2) is 4.79 Å². The van der Waals surface area contributed by atoms with Crippen LogP contribution >= 0.6 is 0 Å². The van der Waals surface area contributed by atoms with Crippen molar-refractivity contribution in [1.82, 2.24) is 9.80 Å². The van der Waals surface area contributed by atoms with Gasteiger partial charge in [0.25, 0.3) is 0 Å². The van der Waals surface area contributed by atoms with Gasteiger partial charge in [0.05, 0.1) is 0 Å². The quantitative estimate of drug-likeness (QED) is 0.795. The Kier molecular flexibility index (Phi) is 6.15. The summed E-state index contributed by atoms with van der Waals surface area (Å²) in [5.74, 6) is -0.738. The summed E-state index contributed by atoms with van der Waals surface area (Å²) in [5, 5.41) is 8.88. The molecule has 0 radical (unpaired) electrons. The largest absolute Gasteiger partial charge is 0.480 e. The number of carboxylic acids is 1. The summed E-state index contributed by atoms with van der Waals surface area (Å²) in [6.07, 6.45) is 0.817. The van der Waals surface area contributed by atoms with Crippen LogP contribution in [0.4, 0.5) is 4.79 Å². The molecule has 18 heavy (non-hydrogen) atoms. The predicted molar refractivity (Wildman–Crippen MR) is 71.6 cm³/mol. The first-order valence-electron chi connectivity index (χ1n) is 6.36. The fourth-order valence-corrected chi connectivity index (χ4v) is 1.52. The molecule has 0 aliphatic carbocycles. The van der Waals surface area contributed by atoms with E-state index in [2.05, 4.69) is 0 Å². The molecule has 106 valence electrons. The van der Waals surface area contributed by atoms with Crippen molar-refractivity contribution < 1.29 is 14.7 Å². The maximum atomic E-state index is 12.3. The second-order valence-corrected chi connectivity index (χ2v) is 5.68. The first kappa shape index (κ1) is 16.7. The molecule has 5 heteroatoms. The molecule has 0 aliphatic heterocycles. The van der Waals surface area contributed by atoms with Gasteiger partial charge in [0, 0.05) is 19.1 Å². The van der Waals surface area contributed by atoms with Gasteiger partial charge in [-0.15, -0.1) is 0 Å². The number of amides is 2. The summed E-state index contributed by atoms with van der Waals surface area (Å²) < 4.78 is 0. The number of carbonyl (C=O) groups excluding carboxylic acids is 1. The van der Waals surface area contributed by atoms with Gasteiger partial charge in [-0.05, 0) is 26.2 Å². The molecule has 0 rings (SSSR count). The zero-order valence-electron chi connectivity index (χ0n) is 12.4. The van der Waals surface area contributed by atoms with E-state index in [4.69, 9.17) is 5.11 Å². The van der Waals surface area contributed by atoms with Crippen LogP contribution in [-0.4, -0.2) is 52.6 Å². The number of carbonyl (C=O) groups is 2. The van der Waals surface area contributed by atoms with Crippen LogP contribution in [0.1, 0.15) is 41.0 Å². The van der Waals surface area contributed by atoms with Crippen LogP contribution in [0.3, 0.4) is 0 Å². The van der Waals surface area contributed by atoms with E-state index in [9.17, 15) is 9.59 Å². The van der Waals surface area contributed by atoms with E-state index in [0.717, 1.165) is 6.42 Å². The van der Waals surface area contributed by atoms with Crippen LogP contribution in [-0.2, 0) is 4.79 Å². The second kappa shape index (κ2) is 6.61. The molecule has 0 fully saturated rings. The molecule has 0 atom stereocenters. The van der Waals surface area contributed by atoms with Crippen molar-refractivity contribution in [3.63, 3.8) is 0 Å². The molecule has 1 N–H and O–H groups in total. The minimum Gasteiger partial charge on any atom is -0.480 e. The number of hydrogen-bond acceptors (Lipinski definition) is 2. The van der Waals surface area contributed by atoms with Crippen molar-refractivity contribution in [1.29, 1.82) is 0 Å². The fourth-order valence-electron chi connectivity index (χ4n) is 1.52. The van der Waals surface area contributed by atoms with E-state index in [-0.39, 0.29) is 24.0 Å². The lowest BCUT2D eigenvalue weighted by Crippen LogP contribution is -2.52. The molecule has 5 nitrogen and oxygen atoms in total. The van der Waals surface area contributed by atoms with Crippen molar-refractivity contribution in [3.8, 4) is 0 Å². The second-order valence-electron chi connectivity index (χ2n) is 5.68. The van der Waals surface area contributed by atoms with Crippen molar-refractivity contribution >= 4 is 12.0 Å². The highest BCUT2D eigenvalue weighted by atomic mass is 16.4. The number of aliphatic carboxylic acids is 1. The van der Waals surface area contributed by atoms with Gasteiger partial charge in [-0.2, -0.15) is 0 Å². The zero-order chi connectivity index (χ0) is 14.5. The van der Waals surface area contributed by atoms with Crippen LogP contribution in [0.25, 0.3) is 0 Å². The Morgan fingerprint density at radius 3 is 2.11 bits per heavy atom. The van der Waals surface area contributed by atoms with Crippen LogP contribution in [0.15, 0.2) is 0 Å². The molecule has 0 aromatic carbocycles. The van der Waals surface area contributed by atoms with Crippen molar-refractivity contribution in [2.45, 2.75) is 46.6 Å². The van der Waals surface area contributed by atoms with E-state index < -0.39 is 5.97 Å². The summed E-state index contributed by atoms with van der Waals surface area (Å²) in [4.78, 5) is 26.1. The van der Waals surface area contributed by atoms with E-state index in [0.29, 0.717) is 6.54 Å². The van der Waals surface area contributed by atoms with Gasteiger partial charge in [-0.1, -0.05) is 20.8 Å². The minimum atomic E-state index is -0.980.